The average molecular weight is 1400 g/mol. The molecule has 0 radical (unpaired) electrons. The molecule has 0 bridgehead atoms. The highest BCUT2D eigenvalue weighted by atomic mass is 32.2. The Bertz CT molecular complexity index is 4270. The van der Waals surface area contributed by atoms with Gasteiger partial charge in [0.15, 0.2) is 0 Å². The molecule has 0 amide bonds. The van der Waals surface area contributed by atoms with Crippen LogP contribution in [-0.4, -0.2) is 53.2 Å². The van der Waals surface area contributed by atoms with Gasteiger partial charge in [-0.25, -0.2) is 35.9 Å². The zero-order chi connectivity index (χ0) is 70.7. The van der Waals surface area contributed by atoms with Crippen molar-refractivity contribution in [3.05, 3.63) is 224 Å². The number of esters is 2. The van der Waals surface area contributed by atoms with E-state index in [2.05, 4.69) is 8.37 Å². The van der Waals surface area contributed by atoms with Gasteiger partial charge in [0.25, 0.3) is 0 Å². The van der Waals surface area contributed by atoms with Crippen LogP contribution in [0.1, 0.15) is 120 Å². The highest BCUT2D eigenvalue weighted by Crippen LogP contribution is 2.48. The first-order valence-electron chi connectivity index (χ1n) is 28.1. The predicted octanol–water partition coefficient (Wildman–Crippen LogP) is 17.4. The molecular formula is C66H48F16O12S2. The van der Waals surface area contributed by atoms with E-state index in [0.717, 1.165) is 48.5 Å². The Morgan fingerprint density at radius 1 is 0.396 bits per heavy atom. The summed E-state index contributed by atoms with van der Waals surface area (Å²) in [6, 6.07) is 23.9. The van der Waals surface area contributed by atoms with Crippen molar-refractivity contribution >= 4 is 32.2 Å². The van der Waals surface area contributed by atoms with Gasteiger partial charge in [-0.2, -0.15) is 60.7 Å². The van der Waals surface area contributed by atoms with Gasteiger partial charge in [-0.3, -0.25) is 0 Å². The molecule has 96 heavy (non-hydrogen) atoms. The molecule has 0 aromatic heterocycles. The standard InChI is InChI=1S/2C33H24F8O6S/c2*1-32(2,3)46-31(42)17-6-4-16(5-7-17)23-14-18(33(39,40)41)8-10-20(23)21-12-13-45-24-15-19(9-11-22(21)24)48(43,44)47-30-28(37)26(35)25(34)27(36)29(30)38/h2*4-11,14-15,21H,12-13H2,1-3H3/t2*21-/m10/s1. The van der Waals surface area contributed by atoms with Crippen LogP contribution in [0.25, 0.3) is 22.3 Å². The van der Waals surface area contributed by atoms with Crippen LogP contribution in [0.5, 0.6) is 23.0 Å². The molecule has 2 atom stereocenters. The average Bonchev–Trinajstić information content (AvgIpc) is 0.773. The molecular weight excluding hydrogens is 1350 g/mol. The fourth-order valence-corrected chi connectivity index (χ4v) is 12.0. The third kappa shape index (κ3) is 15.0. The van der Waals surface area contributed by atoms with E-state index in [1.807, 2.05) is 0 Å². The maximum atomic E-state index is 14.1. The van der Waals surface area contributed by atoms with Gasteiger partial charge in [0.1, 0.15) is 32.5 Å². The smallest absolute Gasteiger partial charge is 0.416 e. The number of fused-ring (bicyclic) bond motifs is 2. The number of carbonyl (C=O) groups excluding carboxylic acids is 2. The predicted molar refractivity (Wildman–Crippen MR) is 309 cm³/mol. The Morgan fingerprint density at radius 3 is 0.979 bits per heavy atom. The van der Waals surface area contributed by atoms with E-state index < -0.39 is 158 Å². The summed E-state index contributed by atoms with van der Waals surface area (Å²) in [6.45, 7) is 9.99. The van der Waals surface area contributed by atoms with Crippen LogP contribution < -0.4 is 17.8 Å². The van der Waals surface area contributed by atoms with Crippen LogP contribution in [0.3, 0.4) is 0 Å². The summed E-state index contributed by atoms with van der Waals surface area (Å²) in [4.78, 5) is 23.5. The first-order chi connectivity index (χ1) is 44.6. The molecule has 8 aromatic rings. The van der Waals surface area contributed by atoms with Crippen LogP contribution in [0.15, 0.2) is 131 Å². The van der Waals surface area contributed by atoms with Gasteiger partial charge in [-0.05, 0) is 148 Å². The van der Waals surface area contributed by atoms with Crippen molar-refractivity contribution in [2.45, 2.75) is 99.6 Å². The van der Waals surface area contributed by atoms with Gasteiger partial charge >= 0.3 is 44.5 Å². The summed E-state index contributed by atoms with van der Waals surface area (Å²) in [6.07, 6.45) is -8.94. The molecule has 8 aromatic carbocycles. The number of hydrogen-bond donors (Lipinski definition) is 0. The van der Waals surface area contributed by atoms with Crippen LogP contribution in [0.2, 0.25) is 0 Å². The van der Waals surface area contributed by atoms with Crippen molar-refractivity contribution in [1.29, 1.82) is 0 Å². The summed E-state index contributed by atoms with van der Waals surface area (Å²) >= 11 is 0. The van der Waals surface area contributed by atoms with E-state index in [-0.39, 0.29) is 59.8 Å². The van der Waals surface area contributed by atoms with Crippen molar-refractivity contribution in [3.63, 3.8) is 0 Å². The second-order valence-electron chi connectivity index (χ2n) is 23.4. The maximum Gasteiger partial charge on any atom is 0.416 e. The summed E-state index contributed by atoms with van der Waals surface area (Å²) < 4.78 is 303. The monoisotopic (exact) mass is 1400 g/mol. The van der Waals surface area contributed by atoms with Gasteiger partial charge in [0, 0.05) is 35.1 Å². The number of alkyl halides is 6. The molecule has 2 aliphatic rings. The summed E-state index contributed by atoms with van der Waals surface area (Å²) in [7, 11) is -10.4. The fraction of sp³-hybridized carbons (Fsp3) is 0.242. The van der Waals surface area contributed by atoms with E-state index >= 15 is 0 Å². The van der Waals surface area contributed by atoms with E-state index in [9.17, 15) is 96.7 Å². The third-order valence-corrected chi connectivity index (χ3v) is 17.0. The third-order valence-electron chi connectivity index (χ3n) is 14.5. The lowest BCUT2D eigenvalue weighted by atomic mass is 9.82. The molecule has 30 heteroatoms. The van der Waals surface area contributed by atoms with Crippen LogP contribution in [0, 0.1) is 58.2 Å². The first-order valence-corrected chi connectivity index (χ1v) is 30.9. The van der Waals surface area contributed by atoms with E-state index in [4.69, 9.17) is 18.9 Å². The van der Waals surface area contributed by atoms with Crippen molar-refractivity contribution in [2.75, 3.05) is 13.2 Å². The fourth-order valence-electron chi connectivity index (χ4n) is 10.1. The molecule has 12 nitrogen and oxygen atoms in total. The lowest BCUT2D eigenvalue weighted by Gasteiger charge is -2.29. The minimum atomic E-state index is -5.19. The normalized spacial score (nSPS) is 15.0. The first kappa shape index (κ1) is 71.0. The van der Waals surface area contributed by atoms with Crippen LogP contribution in [0.4, 0.5) is 70.2 Å². The van der Waals surface area contributed by atoms with Gasteiger partial charge in [-0.1, -0.05) is 48.5 Å². The van der Waals surface area contributed by atoms with Crippen LogP contribution in [-0.2, 0) is 42.1 Å². The maximum absolute atomic E-state index is 14.1. The van der Waals surface area contributed by atoms with E-state index in [1.54, 1.807) is 41.5 Å². The van der Waals surface area contributed by atoms with Crippen LogP contribution >= 0.6 is 0 Å². The summed E-state index contributed by atoms with van der Waals surface area (Å²) in [5, 5.41) is 0. The van der Waals surface area contributed by atoms with Crippen molar-refractivity contribution in [2.24, 2.45) is 0 Å². The minimum absolute atomic E-state index is 0.0439. The Morgan fingerprint density at radius 2 is 0.688 bits per heavy atom. The summed E-state index contributed by atoms with van der Waals surface area (Å²) in [5.74, 6) is -31.5. The van der Waals surface area contributed by atoms with Gasteiger partial charge in [-0.15, -0.1) is 0 Å². The SMILES string of the molecule is CC(C)(C)OC(=O)c1ccc(-c2cc(C(F)(F)F)ccc2[C@@H]2CCOc3cc(S(=O)(=O)Oc4c(F)c(F)c(F)c(F)c4F)ccc32)cc1.CC(C)(C)OC(=O)c1ccc(-c2cc(C(F)(F)F)ccc2[C@H]2CCOc3cc(S(=O)(=O)Oc4c(F)c(F)c(F)c(F)c4F)ccc32)cc1. The number of rotatable bonds is 12. The molecule has 0 fully saturated rings. The largest absolute Gasteiger partial charge is 0.493 e. The van der Waals surface area contributed by atoms with E-state index in [1.165, 1.54) is 72.8 Å². The number of benzene rings is 8. The molecule has 2 heterocycles. The molecule has 0 N–H and O–H groups in total. The van der Waals surface area contributed by atoms with Crippen molar-refractivity contribution in [3.8, 4) is 45.3 Å². The lowest BCUT2D eigenvalue weighted by molar-refractivity contribution is -0.138. The second-order valence-corrected chi connectivity index (χ2v) is 26.5. The Labute approximate surface area is 536 Å². The lowest BCUT2D eigenvalue weighted by Crippen LogP contribution is -2.23. The van der Waals surface area contributed by atoms with Crippen molar-refractivity contribution in [1.82, 2.24) is 0 Å². The van der Waals surface area contributed by atoms with Gasteiger partial charge in [0.05, 0.1) is 35.5 Å². The zero-order valence-electron chi connectivity index (χ0n) is 50.3. The summed E-state index contributed by atoms with van der Waals surface area (Å²) in [5.41, 5.74) is -0.728. The Hall–Kier alpha value is -9.32. The highest BCUT2D eigenvalue weighted by Gasteiger charge is 2.38. The quantitative estimate of drug-likeness (QED) is 0.0375. The second kappa shape index (κ2) is 26.4. The number of hydrogen-bond acceptors (Lipinski definition) is 12. The molecule has 0 aliphatic carbocycles. The molecule has 0 spiro atoms. The molecule has 0 unspecified atom stereocenters. The number of carbonyl (C=O) groups is 2. The van der Waals surface area contributed by atoms with Gasteiger partial charge in [0.2, 0.25) is 69.7 Å². The molecule has 10 rings (SSSR count). The molecule has 508 valence electrons. The number of ether oxygens (including phenoxy) is 4. The molecule has 2 aliphatic heterocycles. The topological polar surface area (TPSA) is 158 Å². The Balaban J connectivity index is 0.000000225. The highest BCUT2D eigenvalue weighted by molar-refractivity contribution is 7.87. The Kier molecular flexibility index (Phi) is 19.5. The molecule has 0 saturated carbocycles. The minimum Gasteiger partial charge on any atom is -0.493 e. The van der Waals surface area contributed by atoms with Gasteiger partial charge < -0.3 is 27.3 Å². The van der Waals surface area contributed by atoms with E-state index in [0.29, 0.717) is 33.4 Å². The van der Waals surface area contributed by atoms with Crippen molar-refractivity contribution < 1.29 is 124 Å². The number of halogens is 16. The molecule has 0 saturated heterocycles. The zero-order valence-corrected chi connectivity index (χ0v) is 51.9.